The van der Waals surface area contributed by atoms with Crippen LogP contribution in [0.5, 0.6) is 11.5 Å². The zero-order chi connectivity index (χ0) is 20.0. The standard InChI is InChI=1S/C20H28N2O6/c1-16(23)22(11-12-26-18-5-3-17(25-2)4-6-18)15-19(24)21-9-7-20(8-10-21)27-13-14-28-20/h3-6H,7-15H2,1-2H3. The summed E-state index contributed by atoms with van der Waals surface area (Å²) in [6.45, 7) is 4.55. The Morgan fingerprint density at radius 3 is 2.29 bits per heavy atom. The van der Waals surface area contributed by atoms with Crippen LogP contribution in [-0.2, 0) is 19.1 Å². The fraction of sp³-hybridized carbons (Fsp3) is 0.600. The lowest BCUT2D eigenvalue weighted by atomic mass is 10.0. The topological polar surface area (TPSA) is 77.5 Å². The van der Waals surface area contributed by atoms with E-state index in [1.54, 1.807) is 24.1 Å². The number of likely N-dealkylation sites (tertiary alicyclic amines) is 1. The molecule has 0 saturated carbocycles. The number of methoxy groups -OCH3 is 1. The molecule has 1 aromatic carbocycles. The molecule has 0 atom stereocenters. The van der Waals surface area contributed by atoms with Gasteiger partial charge in [0.15, 0.2) is 5.79 Å². The summed E-state index contributed by atoms with van der Waals surface area (Å²) in [6, 6.07) is 7.22. The van der Waals surface area contributed by atoms with Crippen molar-refractivity contribution in [1.82, 2.24) is 9.80 Å². The van der Waals surface area contributed by atoms with Crippen molar-refractivity contribution in [3.05, 3.63) is 24.3 Å². The lowest BCUT2D eigenvalue weighted by molar-refractivity contribution is -0.187. The number of rotatable bonds is 7. The highest BCUT2D eigenvalue weighted by Gasteiger charge is 2.40. The minimum absolute atomic E-state index is 0.0516. The molecule has 0 radical (unpaired) electrons. The van der Waals surface area contributed by atoms with Gasteiger partial charge >= 0.3 is 0 Å². The normalized spacial score (nSPS) is 18.1. The van der Waals surface area contributed by atoms with E-state index >= 15 is 0 Å². The zero-order valence-electron chi connectivity index (χ0n) is 16.5. The van der Waals surface area contributed by atoms with E-state index in [-0.39, 0.29) is 18.4 Å². The van der Waals surface area contributed by atoms with Crippen molar-refractivity contribution in [3.8, 4) is 11.5 Å². The molecule has 3 rings (SSSR count). The van der Waals surface area contributed by atoms with Crippen LogP contribution in [0.25, 0.3) is 0 Å². The molecule has 0 N–H and O–H groups in total. The summed E-state index contributed by atoms with van der Waals surface area (Å²) in [5, 5.41) is 0. The second-order valence-corrected chi connectivity index (χ2v) is 6.95. The van der Waals surface area contributed by atoms with Crippen LogP contribution in [0.3, 0.4) is 0 Å². The first-order valence-corrected chi connectivity index (χ1v) is 9.59. The molecule has 2 aliphatic heterocycles. The molecule has 0 aliphatic carbocycles. The smallest absolute Gasteiger partial charge is 0.242 e. The van der Waals surface area contributed by atoms with Gasteiger partial charge in [-0.15, -0.1) is 0 Å². The summed E-state index contributed by atoms with van der Waals surface area (Å²) in [5.41, 5.74) is 0. The van der Waals surface area contributed by atoms with E-state index in [2.05, 4.69) is 0 Å². The first kappa shape index (κ1) is 20.4. The van der Waals surface area contributed by atoms with Crippen LogP contribution >= 0.6 is 0 Å². The first-order valence-electron chi connectivity index (χ1n) is 9.59. The molecule has 154 valence electrons. The molecule has 2 aliphatic rings. The third kappa shape index (κ3) is 5.14. The van der Waals surface area contributed by atoms with Gasteiger partial charge in [0.1, 0.15) is 18.1 Å². The van der Waals surface area contributed by atoms with Gasteiger partial charge in [0.2, 0.25) is 11.8 Å². The molecule has 2 heterocycles. The summed E-state index contributed by atoms with van der Waals surface area (Å²) < 4.78 is 22.2. The maximum atomic E-state index is 12.6. The van der Waals surface area contributed by atoms with E-state index < -0.39 is 5.79 Å². The lowest BCUT2D eigenvalue weighted by Gasteiger charge is -2.38. The van der Waals surface area contributed by atoms with Gasteiger partial charge in [-0.2, -0.15) is 0 Å². The molecule has 8 heteroatoms. The Kier molecular flexibility index (Phi) is 6.74. The van der Waals surface area contributed by atoms with Gasteiger partial charge in [-0.25, -0.2) is 0 Å². The molecule has 2 fully saturated rings. The van der Waals surface area contributed by atoms with Gasteiger partial charge in [-0.1, -0.05) is 0 Å². The Morgan fingerprint density at radius 2 is 1.71 bits per heavy atom. The number of carbonyl (C=O) groups excluding carboxylic acids is 2. The number of amides is 2. The minimum atomic E-state index is -0.511. The molecule has 0 aromatic heterocycles. The van der Waals surface area contributed by atoms with Crippen molar-refractivity contribution in [2.45, 2.75) is 25.6 Å². The van der Waals surface area contributed by atoms with Crippen molar-refractivity contribution in [3.63, 3.8) is 0 Å². The summed E-state index contributed by atoms with van der Waals surface area (Å²) in [6.07, 6.45) is 1.33. The summed E-state index contributed by atoms with van der Waals surface area (Å²) >= 11 is 0. The molecule has 2 amide bonds. The number of hydrogen-bond acceptors (Lipinski definition) is 6. The second kappa shape index (κ2) is 9.25. The minimum Gasteiger partial charge on any atom is -0.497 e. The molecule has 0 unspecified atom stereocenters. The zero-order valence-corrected chi connectivity index (χ0v) is 16.5. The van der Waals surface area contributed by atoms with Crippen molar-refractivity contribution >= 4 is 11.8 Å². The third-order valence-corrected chi connectivity index (χ3v) is 5.15. The maximum Gasteiger partial charge on any atom is 0.242 e. The largest absolute Gasteiger partial charge is 0.497 e. The Labute approximate surface area is 165 Å². The first-order chi connectivity index (χ1) is 13.5. The van der Waals surface area contributed by atoms with Crippen LogP contribution in [0, 0.1) is 0 Å². The maximum absolute atomic E-state index is 12.6. The number of carbonyl (C=O) groups is 2. The quantitative estimate of drug-likeness (QED) is 0.696. The molecule has 28 heavy (non-hydrogen) atoms. The number of hydrogen-bond donors (Lipinski definition) is 0. The molecule has 2 saturated heterocycles. The Bertz CT molecular complexity index is 662. The van der Waals surface area contributed by atoms with Crippen molar-refractivity contribution in [2.75, 3.05) is 53.1 Å². The van der Waals surface area contributed by atoms with E-state index in [4.69, 9.17) is 18.9 Å². The highest BCUT2D eigenvalue weighted by Crippen LogP contribution is 2.31. The lowest BCUT2D eigenvalue weighted by Crippen LogP contribution is -2.50. The van der Waals surface area contributed by atoms with E-state index in [9.17, 15) is 9.59 Å². The van der Waals surface area contributed by atoms with Crippen molar-refractivity contribution < 1.29 is 28.5 Å². The van der Waals surface area contributed by atoms with E-state index in [0.29, 0.717) is 58.0 Å². The molecule has 1 aromatic rings. The van der Waals surface area contributed by atoms with Crippen LogP contribution < -0.4 is 9.47 Å². The van der Waals surface area contributed by atoms with E-state index in [1.165, 1.54) is 11.8 Å². The molecular weight excluding hydrogens is 364 g/mol. The van der Waals surface area contributed by atoms with Gasteiger partial charge in [-0.3, -0.25) is 9.59 Å². The molecule has 0 bridgehead atoms. The number of ether oxygens (including phenoxy) is 4. The average molecular weight is 392 g/mol. The average Bonchev–Trinajstić information content (AvgIpc) is 3.16. The molecular formula is C20H28N2O6. The SMILES string of the molecule is COc1ccc(OCCN(CC(=O)N2CCC3(CC2)OCCO3)C(C)=O)cc1. The van der Waals surface area contributed by atoms with Crippen LogP contribution in [0.4, 0.5) is 0 Å². The van der Waals surface area contributed by atoms with E-state index in [0.717, 1.165) is 5.75 Å². The van der Waals surface area contributed by atoms with Gasteiger partial charge in [-0.05, 0) is 24.3 Å². The predicted octanol–water partition coefficient (Wildman–Crippen LogP) is 1.29. The van der Waals surface area contributed by atoms with Crippen molar-refractivity contribution in [1.29, 1.82) is 0 Å². The Morgan fingerprint density at radius 1 is 1.11 bits per heavy atom. The predicted molar refractivity (Wildman–Crippen MR) is 101 cm³/mol. The van der Waals surface area contributed by atoms with Gasteiger partial charge < -0.3 is 28.7 Å². The van der Waals surface area contributed by atoms with Crippen LogP contribution in [0.15, 0.2) is 24.3 Å². The number of benzene rings is 1. The molecule has 8 nitrogen and oxygen atoms in total. The van der Waals surface area contributed by atoms with E-state index in [1.807, 2.05) is 12.1 Å². The Balaban J connectivity index is 1.44. The fourth-order valence-electron chi connectivity index (χ4n) is 3.44. The van der Waals surface area contributed by atoms with Crippen LogP contribution in [0.2, 0.25) is 0 Å². The highest BCUT2D eigenvalue weighted by atomic mass is 16.7. The van der Waals surface area contributed by atoms with Crippen LogP contribution in [0.1, 0.15) is 19.8 Å². The fourth-order valence-corrected chi connectivity index (χ4v) is 3.44. The summed E-state index contributed by atoms with van der Waals surface area (Å²) in [4.78, 5) is 27.8. The molecule has 1 spiro atoms. The van der Waals surface area contributed by atoms with Crippen LogP contribution in [-0.4, -0.2) is 80.5 Å². The third-order valence-electron chi connectivity index (χ3n) is 5.15. The Hall–Kier alpha value is -2.32. The number of nitrogens with zero attached hydrogens (tertiary/aromatic N) is 2. The highest BCUT2D eigenvalue weighted by molar-refractivity contribution is 5.83. The van der Waals surface area contributed by atoms with Gasteiger partial charge in [0.05, 0.1) is 33.4 Å². The number of piperidine rings is 1. The van der Waals surface area contributed by atoms with Gasteiger partial charge in [0, 0.05) is 32.9 Å². The monoisotopic (exact) mass is 392 g/mol. The summed E-state index contributed by atoms with van der Waals surface area (Å²) in [5.74, 6) is 0.715. The second-order valence-electron chi connectivity index (χ2n) is 6.95. The van der Waals surface area contributed by atoms with Gasteiger partial charge in [0.25, 0.3) is 0 Å². The van der Waals surface area contributed by atoms with Crippen molar-refractivity contribution in [2.24, 2.45) is 0 Å². The summed E-state index contributed by atoms with van der Waals surface area (Å²) in [7, 11) is 1.60.